The smallest absolute Gasteiger partial charge is 0.337 e. The molecule has 0 radical (unpaired) electrons. The van der Waals surface area contributed by atoms with E-state index in [-0.39, 0.29) is 12.5 Å². The minimum absolute atomic E-state index is 0.108. The lowest BCUT2D eigenvalue weighted by molar-refractivity contribution is -0.118. The Labute approximate surface area is 148 Å². The summed E-state index contributed by atoms with van der Waals surface area (Å²) in [6, 6.07) is 12.7. The van der Waals surface area contributed by atoms with Crippen molar-refractivity contribution in [2.75, 3.05) is 19.0 Å². The summed E-state index contributed by atoms with van der Waals surface area (Å²) in [7, 11) is 1.32. The predicted octanol–water partition coefficient (Wildman–Crippen LogP) is 3.92. The van der Waals surface area contributed by atoms with Crippen molar-refractivity contribution in [3.05, 3.63) is 59.2 Å². The SMILES string of the molecule is COC(=O)c1ccc(C)c(NC(=O)COc2cccc(C(C)C)c2)c1. The molecule has 0 bridgehead atoms. The van der Waals surface area contributed by atoms with Gasteiger partial charge in [-0.3, -0.25) is 4.79 Å². The summed E-state index contributed by atoms with van der Waals surface area (Å²) >= 11 is 0. The van der Waals surface area contributed by atoms with E-state index in [9.17, 15) is 9.59 Å². The van der Waals surface area contributed by atoms with Crippen LogP contribution in [-0.4, -0.2) is 25.6 Å². The zero-order valence-corrected chi connectivity index (χ0v) is 15.0. The molecule has 25 heavy (non-hydrogen) atoms. The van der Waals surface area contributed by atoms with Crippen molar-refractivity contribution in [1.82, 2.24) is 0 Å². The van der Waals surface area contributed by atoms with Crippen molar-refractivity contribution in [1.29, 1.82) is 0 Å². The number of benzene rings is 2. The second-order valence-corrected chi connectivity index (χ2v) is 6.09. The van der Waals surface area contributed by atoms with E-state index in [4.69, 9.17) is 9.47 Å². The van der Waals surface area contributed by atoms with Crippen LogP contribution < -0.4 is 10.1 Å². The minimum Gasteiger partial charge on any atom is -0.484 e. The van der Waals surface area contributed by atoms with Gasteiger partial charge < -0.3 is 14.8 Å². The van der Waals surface area contributed by atoms with Gasteiger partial charge in [0.25, 0.3) is 5.91 Å². The van der Waals surface area contributed by atoms with Crippen LogP contribution in [0.4, 0.5) is 5.69 Å². The van der Waals surface area contributed by atoms with Crippen LogP contribution in [0, 0.1) is 6.92 Å². The van der Waals surface area contributed by atoms with Crippen LogP contribution in [0.5, 0.6) is 5.75 Å². The molecule has 5 heteroatoms. The summed E-state index contributed by atoms with van der Waals surface area (Å²) in [6.07, 6.45) is 0. The lowest BCUT2D eigenvalue weighted by atomic mass is 10.0. The van der Waals surface area contributed by atoms with Gasteiger partial charge in [0.2, 0.25) is 0 Å². The Balaban J connectivity index is 2.01. The highest BCUT2D eigenvalue weighted by atomic mass is 16.5. The van der Waals surface area contributed by atoms with Crippen molar-refractivity contribution in [3.8, 4) is 5.75 Å². The molecule has 0 unspecified atom stereocenters. The Kier molecular flexibility index (Phi) is 6.17. The first-order chi connectivity index (χ1) is 11.9. The maximum absolute atomic E-state index is 12.2. The standard InChI is InChI=1S/C20H23NO4/c1-13(2)15-6-5-7-17(10-15)25-12-19(22)21-18-11-16(20(23)24-4)9-8-14(18)3/h5-11,13H,12H2,1-4H3,(H,21,22). The van der Waals surface area contributed by atoms with Gasteiger partial charge in [0.1, 0.15) is 5.75 Å². The Bertz CT molecular complexity index is 768. The van der Waals surface area contributed by atoms with E-state index in [2.05, 4.69) is 19.2 Å². The zero-order chi connectivity index (χ0) is 18.4. The topological polar surface area (TPSA) is 64.6 Å². The zero-order valence-electron chi connectivity index (χ0n) is 15.0. The Morgan fingerprint density at radius 2 is 1.88 bits per heavy atom. The van der Waals surface area contributed by atoms with Crippen LogP contribution in [-0.2, 0) is 9.53 Å². The largest absolute Gasteiger partial charge is 0.484 e. The van der Waals surface area contributed by atoms with Gasteiger partial charge in [0.15, 0.2) is 6.61 Å². The Morgan fingerprint density at radius 1 is 1.12 bits per heavy atom. The average Bonchev–Trinajstić information content (AvgIpc) is 2.61. The molecule has 0 saturated carbocycles. The third-order valence-electron chi connectivity index (χ3n) is 3.83. The number of hydrogen-bond donors (Lipinski definition) is 1. The van der Waals surface area contributed by atoms with Gasteiger partial charge in [-0.2, -0.15) is 0 Å². The Morgan fingerprint density at radius 3 is 2.56 bits per heavy atom. The van der Waals surface area contributed by atoms with Crippen molar-refractivity contribution < 1.29 is 19.1 Å². The minimum atomic E-state index is -0.447. The summed E-state index contributed by atoms with van der Waals surface area (Å²) in [5, 5.41) is 2.77. The van der Waals surface area contributed by atoms with Gasteiger partial charge in [-0.25, -0.2) is 4.79 Å². The van der Waals surface area contributed by atoms with Crippen LogP contribution in [0.2, 0.25) is 0 Å². The number of esters is 1. The van der Waals surface area contributed by atoms with E-state index in [1.54, 1.807) is 18.2 Å². The van der Waals surface area contributed by atoms with Crippen LogP contribution in [0.15, 0.2) is 42.5 Å². The number of amides is 1. The van der Waals surface area contributed by atoms with Gasteiger partial charge in [-0.05, 0) is 48.2 Å². The van der Waals surface area contributed by atoms with Gasteiger partial charge in [0.05, 0.1) is 12.7 Å². The molecule has 2 rings (SSSR count). The molecule has 1 amide bonds. The molecule has 5 nitrogen and oxygen atoms in total. The van der Waals surface area contributed by atoms with E-state index in [0.717, 1.165) is 11.1 Å². The molecule has 0 aliphatic rings. The van der Waals surface area contributed by atoms with Crippen molar-refractivity contribution in [2.45, 2.75) is 26.7 Å². The molecule has 0 spiro atoms. The molecule has 0 aliphatic heterocycles. The molecular weight excluding hydrogens is 318 g/mol. The Hall–Kier alpha value is -2.82. The normalized spacial score (nSPS) is 10.4. The summed E-state index contributed by atoms with van der Waals surface area (Å²) < 4.78 is 10.3. The first-order valence-electron chi connectivity index (χ1n) is 8.12. The lowest BCUT2D eigenvalue weighted by Crippen LogP contribution is -2.21. The van der Waals surface area contributed by atoms with E-state index < -0.39 is 5.97 Å². The second kappa shape index (κ2) is 8.33. The van der Waals surface area contributed by atoms with E-state index >= 15 is 0 Å². The number of anilines is 1. The third-order valence-corrected chi connectivity index (χ3v) is 3.83. The molecule has 1 N–H and O–H groups in total. The maximum Gasteiger partial charge on any atom is 0.337 e. The number of carbonyl (C=O) groups is 2. The number of rotatable bonds is 6. The van der Waals surface area contributed by atoms with Gasteiger partial charge in [0, 0.05) is 5.69 Å². The number of nitrogens with one attached hydrogen (secondary N) is 1. The number of hydrogen-bond acceptors (Lipinski definition) is 4. The molecule has 0 aromatic heterocycles. The first-order valence-corrected chi connectivity index (χ1v) is 8.12. The number of ether oxygens (including phenoxy) is 2. The highest BCUT2D eigenvalue weighted by Crippen LogP contribution is 2.21. The molecule has 0 aliphatic carbocycles. The highest BCUT2D eigenvalue weighted by Gasteiger charge is 2.11. The molecule has 0 saturated heterocycles. The fraction of sp³-hybridized carbons (Fsp3) is 0.300. The molecule has 0 atom stereocenters. The monoisotopic (exact) mass is 341 g/mol. The van der Waals surface area contributed by atoms with E-state index in [0.29, 0.717) is 22.9 Å². The van der Waals surface area contributed by atoms with E-state index in [1.165, 1.54) is 7.11 Å². The first kappa shape index (κ1) is 18.5. The average molecular weight is 341 g/mol. The van der Waals surface area contributed by atoms with Crippen molar-refractivity contribution in [3.63, 3.8) is 0 Å². The van der Waals surface area contributed by atoms with Crippen LogP contribution in [0.25, 0.3) is 0 Å². The van der Waals surface area contributed by atoms with Gasteiger partial charge >= 0.3 is 5.97 Å². The van der Waals surface area contributed by atoms with E-state index in [1.807, 2.05) is 31.2 Å². The van der Waals surface area contributed by atoms with Crippen molar-refractivity contribution >= 4 is 17.6 Å². The van der Waals surface area contributed by atoms with Gasteiger partial charge in [-0.15, -0.1) is 0 Å². The second-order valence-electron chi connectivity index (χ2n) is 6.09. The predicted molar refractivity (Wildman–Crippen MR) is 97.2 cm³/mol. The number of carbonyl (C=O) groups excluding carboxylic acids is 2. The van der Waals surface area contributed by atoms with Crippen LogP contribution in [0.3, 0.4) is 0 Å². The molecule has 2 aromatic rings. The van der Waals surface area contributed by atoms with Gasteiger partial charge in [-0.1, -0.05) is 32.0 Å². The summed E-state index contributed by atoms with van der Waals surface area (Å²) in [5.74, 6) is 0.305. The molecule has 132 valence electrons. The number of aryl methyl sites for hydroxylation is 1. The van der Waals surface area contributed by atoms with Crippen LogP contribution >= 0.6 is 0 Å². The lowest BCUT2D eigenvalue weighted by Gasteiger charge is -2.12. The fourth-order valence-corrected chi connectivity index (χ4v) is 2.30. The third kappa shape index (κ3) is 5.08. The highest BCUT2D eigenvalue weighted by molar-refractivity contribution is 5.95. The molecule has 0 fully saturated rings. The number of methoxy groups -OCH3 is 1. The fourth-order valence-electron chi connectivity index (χ4n) is 2.30. The quantitative estimate of drug-likeness (QED) is 0.809. The van der Waals surface area contributed by atoms with Crippen molar-refractivity contribution in [2.24, 2.45) is 0 Å². The molecule has 0 heterocycles. The summed E-state index contributed by atoms with van der Waals surface area (Å²) in [5.41, 5.74) is 2.95. The molecular formula is C20H23NO4. The molecule has 2 aromatic carbocycles. The van der Waals surface area contributed by atoms with Crippen LogP contribution in [0.1, 0.15) is 41.3 Å². The summed E-state index contributed by atoms with van der Waals surface area (Å²) in [6.45, 7) is 5.94. The maximum atomic E-state index is 12.2. The summed E-state index contributed by atoms with van der Waals surface area (Å²) in [4.78, 5) is 23.8.